The standard InChI is InChI=1S/C33H33N3O3S/c1-23-9-8-14-27(34-23)21-36(33(37)31-20-29(31)25-12-6-3-7-13-25)28-17-15-26-16-18-32(30(26)19-28)35-40(38,39)22-24-10-4-2-5-11-24/h2-15,17,19,29,31-32,35H,16,18,20-22H2,1H3/t29?,31?,32-/m1/s1. The van der Waals surface area contributed by atoms with Crippen LogP contribution in [-0.4, -0.2) is 19.3 Å². The Kier molecular flexibility index (Phi) is 7.26. The van der Waals surface area contributed by atoms with Gasteiger partial charge in [-0.2, -0.15) is 0 Å². The molecule has 1 N–H and O–H groups in total. The second-order valence-electron chi connectivity index (χ2n) is 10.9. The van der Waals surface area contributed by atoms with Crippen LogP contribution in [-0.2, 0) is 33.5 Å². The quantitative estimate of drug-likeness (QED) is 0.284. The number of amides is 1. The topological polar surface area (TPSA) is 79.4 Å². The van der Waals surface area contributed by atoms with E-state index in [1.54, 1.807) is 0 Å². The van der Waals surface area contributed by atoms with E-state index in [2.05, 4.69) is 21.8 Å². The highest BCUT2D eigenvalue weighted by molar-refractivity contribution is 7.88. The number of aryl methyl sites for hydroxylation is 2. The summed E-state index contributed by atoms with van der Waals surface area (Å²) in [5.41, 5.74) is 6.51. The molecule has 6 nitrogen and oxygen atoms in total. The molecule has 204 valence electrons. The van der Waals surface area contributed by atoms with Crippen molar-refractivity contribution in [3.63, 3.8) is 0 Å². The maximum atomic E-state index is 14.0. The molecule has 2 unspecified atom stereocenters. The van der Waals surface area contributed by atoms with Crippen LogP contribution in [0.3, 0.4) is 0 Å². The van der Waals surface area contributed by atoms with Gasteiger partial charge >= 0.3 is 0 Å². The van der Waals surface area contributed by atoms with Crippen LogP contribution in [0.5, 0.6) is 0 Å². The van der Waals surface area contributed by atoms with E-state index in [0.29, 0.717) is 13.0 Å². The lowest BCUT2D eigenvalue weighted by Crippen LogP contribution is -2.33. The van der Waals surface area contributed by atoms with E-state index in [4.69, 9.17) is 0 Å². The van der Waals surface area contributed by atoms with Crippen LogP contribution in [0.2, 0.25) is 0 Å². The Balaban J connectivity index is 1.27. The lowest BCUT2D eigenvalue weighted by atomic mass is 10.1. The minimum absolute atomic E-state index is 0.0639. The van der Waals surface area contributed by atoms with Crippen molar-refractivity contribution in [2.75, 3.05) is 4.90 Å². The van der Waals surface area contributed by atoms with Gasteiger partial charge in [0.1, 0.15) is 0 Å². The number of hydrogen-bond acceptors (Lipinski definition) is 4. The predicted octanol–water partition coefficient (Wildman–Crippen LogP) is 5.83. The summed E-state index contributed by atoms with van der Waals surface area (Å²) in [6.45, 7) is 2.31. The van der Waals surface area contributed by atoms with Gasteiger partial charge in [0.05, 0.1) is 18.0 Å². The first-order chi connectivity index (χ1) is 19.4. The van der Waals surface area contributed by atoms with Crippen molar-refractivity contribution in [2.24, 2.45) is 5.92 Å². The highest BCUT2D eigenvalue weighted by Crippen LogP contribution is 2.49. The Morgan fingerprint density at radius 2 is 1.70 bits per heavy atom. The van der Waals surface area contributed by atoms with Gasteiger partial charge in [0.25, 0.3) is 0 Å². The van der Waals surface area contributed by atoms with Gasteiger partial charge in [0.15, 0.2) is 0 Å². The van der Waals surface area contributed by atoms with E-state index < -0.39 is 10.0 Å². The van der Waals surface area contributed by atoms with Crippen LogP contribution < -0.4 is 9.62 Å². The molecule has 7 heteroatoms. The fraction of sp³-hybridized carbons (Fsp3) is 0.273. The molecular weight excluding hydrogens is 518 g/mol. The molecule has 2 aliphatic carbocycles. The first-order valence-corrected chi connectivity index (χ1v) is 15.5. The second-order valence-corrected chi connectivity index (χ2v) is 12.6. The molecule has 0 bridgehead atoms. The first-order valence-electron chi connectivity index (χ1n) is 13.8. The Hall–Kier alpha value is -3.81. The number of nitrogens with zero attached hydrogens (tertiary/aromatic N) is 2. The number of nitrogens with one attached hydrogen (secondary N) is 1. The van der Waals surface area contributed by atoms with Crippen molar-refractivity contribution in [1.29, 1.82) is 0 Å². The van der Waals surface area contributed by atoms with E-state index in [1.165, 1.54) is 5.56 Å². The van der Waals surface area contributed by atoms with Gasteiger partial charge in [-0.3, -0.25) is 9.78 Å². The SMILES string of the molecule is Cc1cccc(CN(C(=O)C2CC2c2ccccc2)c2ccc3c(c2)[C@H](NS(=O)(=O)Cc2ccccc2)CC3)n1. The Bertz CT molecular complexity index is 1620. The fourth-order valence-corrected chi connectivity index (χ4v) is 7.21. The summed E-state index contributed by atoms with van der Waals surface area (Å²) in [5, 5.41) is 0. The Morgan fingerprint density at radius 1 is 0.950 bits per heavy atom. The number of pyridine rings is 1. The molecule has 2 aliphatic rings. The first kappa shape index (κ1) is 26.4. The zero-order valence-electron chi connectivity index (χ0n) is 22.5. The number of carbonyl (C=O) groups excluding carboxylic acids is 1. The van der Waals surface area contributed by atoms with Crippen molar-refractivity contribution in [2.45, 2.75) is 50.4 Å². The summed E-state index contributed by atoms with van der Waals surface area (Å²) in [5.74, 6) is 0.150. The van der Waals surface area contributed by atoms with Gasteiger partial charge in [0.2, 0.25) is 15.9 Å². The van der Waals surface area contributed by atoms with Gasteiger partial charge in [-0.15, -0.1) is 0 Å². The number of anilines is 1. The average Bonchev–Trinajstić information content (AvgIpc) is 3.67. The summed E-state index contributed by atoms with van der Waals surface area (Å²) < 4.78 is 29.0. The summed E-state index contributed by atoms with van der Waals surface area (Å²) in [6, 6.07) is 31.0. The number of sulfonamides is 1. The molecule has 1 aromatic heterocycles. The van der Waals surface area contributed by atoms with Crippen LogP contribution in [0.25, 0.3) is 0 Å². The van der Waals surface area contributed by atoms with Gasteiger partial charge < -0.3 is 4.90 Å². The molecule has 0 saturated heterocycles. The molecule has 1 saturated carbocycles. The van der Waals surface area contributed by atoms with E-state index >= 15 is 0 Å². The maximum Gasteiger partial charge on any atom is 0.231 e. The molecule has 1 amide bonds. The summed E-state index contributed by atoms with van der Waals surface area (Å²) in [4.78, 5) is 20.5. The Morgan fingerprint density at radius 3 is 2.45 bits per heavy atom. The molecular formula is C33H33N3O3S. The third-order valence-corrected chi connectivity index (χ3v) is 9.26. The van der Waals surface area contributed by atoms with Crippen LogP contribution in [0.1, 0.15) is 58.4 Å². The molecule has 40 heavy (non-hydrogen) atoms. The van der Waals surface area contributed by atoms with E-state index in [0.717, 1.165) is 46.6 Å². The number of rotatable bonds is 9. The third kappa shape index (κ3) is 5.86. The predicted molar refractivity (Wildman–Crippen MR) is 157 cm³/mol. The maximum absolute atomic E-state index is 14.0. The largest absolute Gasteiger partial charge is 0.306 e. The highest BCUT2D eigenvalue weighted by atomic mass is 32.2. The summed E-state index contributed by atoms with van der Waals surface area (Å²) in [7, 11) is -3.55. The lowest BCUT2D eigenvalue weighted by molar-refractivity contribution is -0.120. The number of hydrogen-bond donors (Lipinski definition) is 1. The van der Waals surface area contributed by atoms with Gasteiger partial charge in [-0.25, -0.2) is 13.1 Å². The van der Waals surface area contributed by atoms with Gasteiger partial charge in [-0.05, 0) is 78.6 Å². The number of fused-ring (bicyclic) bond motifs is 1. The van der Waals surface area contributed by atoms with Gasteiger partial charge in [-0.1, -0.05) is 72.8 Å². The highest BCUT2D eigenvalue weighted by Gasteiger charge is 2.46. The molecule has 3 atom stereocenters. The van der Waals surface area contributed by atoms with Crippen molar-refractivity contribution in [3.8, 4) is 0 Å². The van der Waals surface area contributed by atoms with Gasteiger partial charge in [0, 0.05) is 23.3 Å². The Labute approximate surface area is 236 Å². The van der Waals surface area contributed by atoms with Crippen LogP contribution >= 0.6 is 0 Å². The second kappa shape index (κ2) is 11.0. The minimum Gasteiger partial charge on any atom is -0.306 e. The molecule has 0 spiro atoms. The minimum atomic E-state index is -3.55. The van der Waals surface area contributed by atoms with Crippen molar-refractivity contribution in [3.05, 3.63) is 131 Å². The molecule has 3 aromatic carbocycles. The van der Waals surface area contributed by atoms with E-state index in [9.17, 15) is 13.2 Å². The van der Waals surface area contributed by atoms with Crippen LogP contribution in [0.4, 0.5) is 5.69 Å². The summed E-state index contributed by atoms with van der Waals surface area (Å²) in [6.07, 6.45) is 2.31. The van der Waals surface area contributed by atoms with Crippen LogP contribution in [0, 0.1) is 12.8 Å². The van der Waals surface area contributed by atoms with Crippen molar-refractivity contribution >= 4 is 21.6 Å². The zero-order valence-corrected chi connectivity index (χ0v) is 23.3. The summed E-state index contributed by atoms with van der Waals surface area (Å²) >= 11 is 0. The third-order valence-electron chi connectivity index (χ3n) is 7.91. The van der Waals surface area contributed by atoms with Crippen LogP contribution in [0.15, 0.2) is 97.1 Å². The fourth-order valence-electron chi connectivity index (χ4n) is 5.81. The molecule has 1 heterocycles. The smallest absolute Gasteiger partial charge is 0.231 e. The molecule has 6 rings (SSSR count). The van der Waals surface area contributed by atoms with E-state index in [-0.39, 0.29) is 29.5 Å². The number of benzene rings is 3. The molecule has 0 aliphatic heterocycles. The molecule has 4 aromatic rings. The zero-order chi connectivity index (χ0) is 27.7. The lowest BCUT2D eigenvalue weighted by Gasteiger charge is -2.25. The number of aromatic nitrogens is 1. The molecule has 0 radical (unpaired) electrons. The van der Waals surface area contributed by atoms with E-state index in [1.807, 2.05) is 96.8 Å². The normalized spacial score (nSPS) is 19.7. The van der Waals surface area contributed by atoms with Crippen molar-refractivity contribution in [1.82, 2.24) is 9.71 Å². The average molecular weight is 552 g/mol. The molecule has 1 fully saturated rings. The van der Waals surface area contributed by atoms with Crippen molar-refractivity contribution < 1.29 is 13.2 Å². The monoisotopic (exact) mass is 551 g/mol. The number of carbonyl (C=O) groups is 1.